The van der Waals surface area contributed by atoms with E-state index in [9.17, 15) is 14.4 Å². The van der Waals surface area contributed by atoms with Gasteiger partial charge in [0.15, 0.2) is 0 Å². The number of piperidine rings is 2. The van der Waals surface area contributed by atoms with Gasteiger partial charge in [-0.1, -0.05) is 55.0 Å². The molecule has 8 heteroatoms. The van der Waals surface area contributed by atoms with Crippen LogP contribution in [0, 0.1) is 0 Å². The normalized spacial score (nSPS) is 21.6. The molecule has 2 unspecified atom stereocenters. The highest BCUT2D eigenvalue weighted by Crippen LogP contribution is 2.43. The Morgan fingerprint density at radius 3 is 2.45 bits per heavy atom. The quantitative estimate of drug-likeness (QED) is 0.471. The Bertz CT molecular complexity index is 1190. The zero-order valence-electron chi connectivity index (χ0n) is 23.8. The number of hydrogen-bond acceptors (Lipinski definition) is 4. The highest BCUT2D eigenvalue weighted by Gasteiger charge is 2.46. The van der Waals surface area contributed by atoms with E-state index in [2.05, 4.69) is 16.0 Å². The first-order valence-corrected chi connectivity index (χ1v) is 14.9. The summed E-state index contributed by atoms with van der Waals surface area (Å²) in [6, 6.07) is 17.5. The predicted octanol–water partition coefficient (Wildman–Crippen LogP) is 3.74. The molecule has 0 bridgehead atoms. The molecular weight excluding hydrogens is 502 g/mol. The Kier molecular flexibility index (Phi) is 8.74. The van der Waals surface area contributed by atoms with E-state index in [-0.39, 0.29) is 29.9 Å². The van der Waals surface area contributed by atoms with Gasteiger partial charge in [0.25, 0.3) is 0 Å². The van der Waals surface area contributed by atoms with Crippen molar-refractivity contribution >= 4 is 23.5 Å². The summed E-state index contributed by atoms with van der Waals surface area (Å²) in [5.74, 6) is 0.0822. The molecule has 3 N–H and O–H groups in total. The lowest BCUT2D eigenvalue weighted by atomic mass is 9.86. The number of aryl methyl sites for hydroxylation is 1. The molecule has 3 aliphatic heterocycles. The lowest BCUT2D eigenvalue weighted by Crippen LogP contribution is -2.56. The van der Waals surface area contributed by atoms with Gasteiger partial charge in [0.2, 0.25) is 11.8 Å². The molecule has 4 amide bonds. The lowest BCUT2D eigenvalue weighted by molar-refractivity contribution is -0.134. The fourth-order valence-corrected chi connectivity index (χ4v) is 6.40. The second-order valence-corrected chi connectivity index (χ2v) is 12.0. The fraction of sp³-hybridized carbons (Fsp3) is 0.531. The maximum absolute atomic E-state index is 13.7. The largest absolute Gasteiger partial charge is 0.341 e. The van der Waals surface area contributed by atoms with Crippen molar-refractivity contribution < 1.29 is 14.4 Å². The molecule has 0 saturated carbocycles. The second-order valence-electron chi connectivity index (χ2n) is 12.0. The van der Waals surface area contributed by atoms with Crippen LogP contribution in [0.25, 0.3) is 0 Å². The van der Waals surface area contributed by atoms with E-state index in [0.29, 0.717) is 45.3 Å². The summed E-state index contributed by atoms with van der Waals surface area (Å²) in [6.45, 7) is 6.64. The highest BCUT2D eigenvalue weighted by molar-refractivity contribution is 6.08. The van der Waals surface area contributed by atoms with Crippen LogP contribution in [0.2, 0.25) is 0 Å². The number of carbonyl (C=O) groups is 3. The molecule has 2 fully saturated rings. The average Bonchev–Trinajstić information content (AvgIpc) is 3.19. The topological polar surface area (TPSA) is 93.8 Å². The number of amides is 4. The fourth-order valence-electron chi connectivity index (χ4n) is 6.40. The van der Waals surface area contributed by atoms with Gasteiger partial charge >= 0.3 is 6.03 Å². The number of nitrogens with zero attached hydrogens (tertiary/aromatic N) is 2. The Morgan fingerprint density at radius 2 is 1.73 bits per heavy atom. The number of urea groups is 1. The van der Waals surface area contributed by atoms with Crippen molar-refractivity contribution in [3.63, 3.8) is 0 Å². The van der Waals surface area contributed by atoms with Gasteiger partial charge in [0.05, 0.1) is 5.41 Å². The summed E-state index contributed by atoms with van der Waals surface area (Å²) in [7, 11) is 0. The van der Waals surface area contributed by atoms with Crippen molar-refractivity contribution in [1.29, 1.82) is 0 Å². The van der Waals surface area contributed by atoms with Crippen LogP contribution in [0.5, 0.6) is 0 Å². The summed E-state index contributed by atoms with van der Waals surface area (Å²) in [4.78, 5) is 43.9. The van der Waals surface area contributed by atoms with Crippen LogP contribution in [-0.2, 0) is 21.4 Å². The van der Waals surface area contributed by atoms with Crippen molar-refractivity contribution in [1.82, 2.24) is 20.9 Å². The van der Waals surface area contributed by atoms with E-state index < -0.39 is 11.5 Å². The van der Waals surface area contributed by atoms with Gasteiger partial charge in [-0.3, -0.25) is 9.59 Å². The standard InChI is InChI=1S/C32H43N5O3/c1-32(2)26-13-6-7-14-28(26)37(30(32)39)25-17-20-36(21-18-25)29(38)27(16-15-23-10-4-3-5-11-23)35-31(40)34-22-24-12-8-9-19-33-24/h3-7,10-11,13-14,24-25,27,33H,8-9,12,15-22H2,1-2H3,(H2,34,35,40). The number of para-hydroxylation sites is 1. The number of carbonyl (C=O) groups excluding carboxylic acids is 3. The summed E-state index contributed by atoms with van der Waals surface area (Å²) >= 11 is 0. The van der Waals surface area contributed by atoms with Gasteiger partial charge < -0.3 is 25.8 Å². The van der Waals surface area contributed by atoms with E-state index >= 15 is 0 Å². The molecule has 3 heterocycles. The molecule has 5 rings (SSSR count). The molecule has 2 aromatic rings. The van der Waals surface area contributed by atoms with Gasteiger partial charge in [-0.05, 0) is 76.1 Å². The van der Waals surface area contributed by atoms with Gasteiger partial charge in [0.1, 0.15) is 6.04 Å². The summed E-state index contributed by atoms with van der Waals surface area (Å²) in [5.41, 5.74) is 2.66. The van der Waals surface area contributed by atoms with Gasteiger partial charge in [0, 0.05) is 37.4 Å². The predicted molar refractivity (Wildman–Crippen MR) is 157 cm³/mol. The Balaban J connectivity index is 1.21. The van der Waals surface area contributed by atoms with Crippen molar-refractivity contribution in [2.45, 2.75) is 82.3 Å². The maximum atomic E-state index is 13.7. The smallest absolute Gasteiger partial charge is 0.315 e. The van der Waals surface area contributed by atoms with E-state index in [4.69, 9.17) is 0 Å². The van der Waals surface area contributed by atoms with E-state index in [1.54, 1.807) is 0 Å². The maximum Gasteiger partial charge on any atom is 0.315 e. The van der Waals surface area contributed by atoms with Gasteiger partial charge in [-0.25, -0.2) is 4.79 Å². The zero-order chi connectivity index (χ0) is 28.1. The molecular formula is C32H43N5O3. The molecule has 2 aromatic carbocycles. The SMILES string of the molecule is CC1(C)C(=O)N(C2CCN(C(=O)C(CCc3ccccc3)NC(=O)NCC3CCCCN3)CC2)c2ccccc21. The van der Waals surface area contributed by atoms with E-state index in [1.807, 2.05) is 78.2 Å². The highest BCUT2D eigenvalue weighted by atomic mass is 16.2. The molecule has 214 valence electrons. The van der Waals surface area contributed by atoms with Crippen LogP contribution >= 0.6 is 0 Å². The van der Waals surface area contributed by atoms with Crippen LogP contribution in [0.3, 0.4) is 0 Å². The zero-order valence-corrected chi connectivity index (χ0v) is 23.8. The second kappa shape index (κ2) is 12.4. The van der Waals surface area contributed by atoms with Crippen molar-refractivity contribution in [3.8, 4) is 0 Å². The number of fused-ring (bicyclic) bond motifs is 1. The number of anilines is 1. The van der Waals surface area contributed by atoms with Crippen LogP contribution in [0.15, 0.2) is 54.6 Å². The number of rotatable bonds is 8. The molecule has 3 aliphatic rings. The summed E-state index contributed by atoms with van der Waals surface area (Å²) < 4.78 is 0. The van der Waals surface area contributed by atoms with Crippen LogP contribution in [-0.4, -0.2) is 67.0 Å². The minimum absolute atomic E-state index is 0.0474. The van der Waals surface area contributed by atoms with Gasteiger partial charge in [-0.15, -0.1) is 0 Å². The van der Waals surface area contributed by atoms with Gasteiger partial charge in [-0.2, -0.15) is 0 Å². The first-order chi connectivity index (χ1) is 19.3. The molecule has 0 spiro atoms. The average molecular weight is 546 g/mol. The first-order valence-electron chi connectivity index (χ1n) is 14.9. The molecule has 0 radical (unpaired) electrons. The van der Waals surface area contributed by atoms with E-state index in [1.165, 1.54) is 12.8 Å². The van der Waals surface area contributed by atoms with Crippen molar-refractivity contribution in [2.75, 3.05) is 31.1 Å². The molecule has 2 saturated heterocycles. The number of nitrogens with one attached hydrogen (secondary N) is 3. The monoisotopic (exact) mass is 545 g/mol. The number of benzene rings is 2. The summed E-state index contributed by atoms with van der Waals surface area (Å²) in [5, 5.41) is 9.41. The molecule has 2 atom stereocenters. The van der Waals surface area contributed by atoms with Crippen LogP contribution < -0.4 is 20.9 Å². The molecule has 40 heavy (non-hydrogen) atoms. The third kappa shape index (κ3) is 6.17. The van der Waals surface area contributed by atoms with Crippen LogP contribution in [0.1, 0.15) is 63.5 Å². The Labute approximate surface area is 237 Å². The number of hydrogen-bond donors (Lipinski definition) is 3. The third-order valence-corrected chi connectivity index (χ3v) is 8.82. The third-order valence-electron chi connectivity index (χ3n) is 8.82. The molecule has 0 aliphatic carbocycles. The molecule has 0 aromatic heterocycles. The number of likely N-dealkylation sites (tertiary alicyclic amines) is 1. The minimum atomic E-state index is -0.607. The minimum Gasteiger partial charge on any atom is -0.341 e. The van der Waals surface area contributed by atoms with E-state index in [0.717, 1.165) is 29.8 Å². The lowest BCUT2D eigenvalue weighted by Gasteiger charge is -2.38. The Morgan fingerprint density at radius 1 is 1.00 bits per heavy atom. The first kappa shape index (κ1) is 28.1. The van der Waals surface area contributed by atoms with Crippen molar-refractivity contribution in [3.05, 3.63) is 65.7 Å². The van der Waals surface area contributed by atoms with Crippen LogP contribution in [0.4, 0.5) is 10.5 Å². The van der Waals surface area contributed by atoms with Crippen molar-refractivity contribution in [2.24, 2.45) is 0 Å². The summed E-state index contributed by atoms with van der Waals surface area (Å²) in [6.07, 6.45) is 6.05. The Hall–Kier alpha value is -3.39. The molecule has 8 nitrogen and oxygen atoms in total.